The van der Waals surface area contributed by atoms with Crippen molar-refractivity contribution in [3.05, 3.63) is 35.6 Å². The topological polar surface area (TPSA) is 61.4 Å². The molecule has 0 unspecified atom stereocenters. The Bertz CT molecular complexity index is 515. The maximum Gasteiger partial charge on any atom is 0.279 e. The van der Waals surface area contributed by atoms with E-state index in [1.54, 1.807) is 18.2 Å². The minimum Gasteiger partial charge on any atom is -0.314 e. The molecule has 0 saturated carbocycles. The first-order valence-corrected chi connectivity index (χ1v) is 7.72. The number of hydrogen-bond donors (Lipinski definition) is 2. The lowest BCUT2D eigenvalue weighted by molar-refractivity contribution is 0.355. The Labute approximate surface area is 113 Å². The molecule has 19 heavy (non-hydrogen) atoms. The second-order valence-corrected chi connectivity index (χ2v) is 6.15. The van der Waals surface area contributed by atoms with E-state index >= 15 is 0 Å². The van der Waals surface area contributed by atoms with Crippen LogP contribution in [0.4, 0.5) is 4.39 Å². The fourth-order valence-corrected chi connectivity index (χ4v) is 3.20. The van der Waals surface area contributed by atoms with Crippen molar-refractivity contribution in [2.75, 3.05) is 32.7 Å². The molecule has 1 aliphatic rings. The summed E-state index contributed by atoms with van der Waals surface area (Å²) in [5, 5.41) is 3.09. The van der Waals surface area contributed by atoms with Gasteiger partial charge in [-0.1, -0.05) is 18.2 Å². The molecule has 1 heterocycles. The van der Waals surface area contributed by atoms with Gasteiger partial charge in [-0.3, -0.25) is 0 Å². The van der Waals surface area contributed by atoms with E-state index in [2.05, 4.69) is 10.0 Å². The van der Waals surface area contributed by atoms with Crippen LogP contribution >= 0.6 is 0 Å². The van der Waals surface area contributed by atoms with Gasteiger partial charge in [-0.25, -0.2) is 9.11 Å². The molecule has 1 aromatic carbocycles. The van der Waals surface area contributed by atoms with Crippen LogP contribution in [0.25, 0.3) is 0 Å². The molecule has 0 bridgehead atoms. The quantitative estimate of drug-likeness (QED) is 0.808. The standard InChI is InChI=1S/C12H18FN3O2S/c13-12-4-2-1-3-11(12)5-6-15-19(17,18)16-9-7-14-8-10-16/h1-4,14-15H,5-10H2. The van der Waals surface area contributed by atoms with E-state index in [9.17, 15) is 12.8 Å². The second kappa shape index (κ2) is 6.42. The van der Waals surface area contributed by atoms with Gasteiger partial charge < -0.3 is 5.32 Å². The first kappa shape index (κ1) is 14.4. The number of piperazine rings is 1. The summed E-state index contributed by atoms with van der Waals surface area (Å²) in [5.41, 5.74) is 0.519. The van der Waals surface area contributed by atoms with Gasteiger partial charge in [0, 0.05) is 32.7 Å². The summed E-state index contributed by atoms with van der Waals surface area (Å²) in [7, 11) is -3.45. The predicted molar refractivity (Wildman–Crippen MR) is 71.5 cm³/mol. The highest BCUT2D eigenvalue weighted by Crippen LogP contribution is 2.07. The molecule has 1 aliphatic heterocycles. The van der Waals surface area contributed by atoms with Gasteiger partial charge in [-0.05, 0) is 18.1 Å². The van der Waals surface area contributed by atoms with Gasteiger partial charge in [0.15, 0.2) is 0 Å². The van der Waals surface area contributed by atoms with E-state index in [1.165, 1.54) is 10.4 Å². The van der Waals surface area contributed by atoms with Crippen molar-refractivity contribution in [3.8, 4) is 0 Å². The van der Waals surface area contributed by atoms with E-state index in [1.807, 2.05) is 0 Å². The van der Waals surface area contributed by atoms with Crippen LogP contribution in [0, 0.1) is 5.82 Å². The lowest BCUT2D eigenvalue weighted by Crippen LogP contribution is -2.50. The fraction of sp³-hybridized carbons (Fsp3) is 0.500. The van der Waals surface area contributed by atoms with Crippen LogP contribution < -0.4 is 10.0 Å². The molecule has 1 aromatic rings. The first-order chi connectivity index (χ1) is 9.09. The number of nitrogens with one attached hydrogen (secondary N) is 2. The van der Waals surface area contributed by atoms with Crippen molar-refractivity contribution >= 4 is 10.2 Å². The van der Waals surface area contributed by atoms with Crippen LogP contribution in [0.15, 0.2) is 24.3 Å². The van der Waals surface area contributed by atoms with Crippen LogP contribution in [0.3, 0.4) is 0 Å². The molecule has 2 rings (SSSR count). The third kappa shape index (κ3) is 3.97. The zero-order valence-corrected chi connectivity index (χ0v) is 11.4. The third-order valence-corrected chi connectivity index (χ3v) is 4.67. The lowest BCUT2D eigenvalue weighted by atomic mass is 10.1. The summed E-state index contributed by atoms with van der Waals surface area (Å²) < 4.78 is 41.2. The van der Waals surface area contributed by atoms with Crippen molar-refractivity contribution in [2.45, 2.75) is 6.42 Å². The predicted octanol–water partition coefficient (Wildman–Crippen LogP) is 0.108. The fourth-order valence-electron chi connectivity index (χ4n) is 1.99. The number of rotatable bonds is 5. The Balaban J connectivity index is 1.86. The minimum absolute atomic E-state index is 0.202. The van der Waals surface area contributed by atoms with Crippen molar-refractivity contribution in [1.29, 1.82) is 0 Å². The minimum atomic E-state index is -3.45. The average molecular weight is 287 g/mol. The molecule has 0 spiro atoms. The van der Waals surface area contributed by atoms with Crippen molar-refractivity contribution < 1.29 is 12.8 Å². The first-order valence-electron chi connectivity index (χ1n) is 6.28. The molecule has 7 heteroatoms. The molecule has 1 saturated heterocycles. The Kier molecular flexibility index (Phi) is 4.87. The van der Waals surface area contributed by atoms with Crippen LogP contribution in [-0.4, -0.2) is 45.4 Å². The van der Waals surface area contributed by atoms with E-state index in [0.29, 0.717) is 38.2 Å². The maximum atomic E-state index is 13.4. The Morgan fingerprint density at radius 1 is 1.26 bits per heavy atom. The molecule has 0 radical (unpaired) electrons. The van der Waals surface area contributed by atoms with E-state index in [4.69, 9.17) is 0 Å². The van der Waals surface area contributed by atoms with Crippen molar-refractivity contribution in [2.24, 2.45) is 0 Å². The maximum absolute atomic E-state index is 13.4. The highest BCUT2D eigenvalue weighted by Gasteiger charge is 2.22. The largest absolute Gasteiger partial charge is 0.314 e. The summed E-state index contributed by atoms with van der Waals surface area (Å²) in [5.74, 6) is -0.302. The summed E-state index contributed by atoms with van der Waals surface area (Å²) in [6.07, 6.45) is 0.345. The molecule has 1 fully saturated rings. The normalized spacial score (nSPS) is 17.5. The highest BCUT2D eigenvalue weighted by atomic mass is 32.2. The van der Waals surface area contributed by atoms with Crippen LogP contribution in [0.1, 0.15) is 5.56 Å². The third-order valence-electron chi connectivity index (χ3n) is 3.05. The summed E-state index contributed by atoms with van der Waals surface area (Å²) in [6, 6.07) is 6.39. The molecule has 0 atom stereocenters. The summed E-state index contributed by atoms with van der Waals surface area (Å²) in [4.78, 5) is 0. The van der Waals surface area contributed by atoms with Crippen LogP contribution in [-0.2, 0) is 16.6 Å². The molecule has 2 N–H and O–H groups in total. The smallest absolute Gasteiger partial charge is 0.279 e. The Morgan fingerprint density at radius 3 is 2.63 bits per heavy atom. The van der Waals surface area contributed by atoms with Gasteiger partial charge in [0.05, 0.1) is 0 Å². The van der Waals surface area contributed by atoms with Crippen LogP contribution in [0.2, 0.25) is 0 Å². The van der Waals surface area contributed by atoms with Gasteiger partial charge in [0.2, 0.25) is 0 Å². The molecule has 5 nitrogen and oxygen atoms in total. The molecule has 0 aliphatic carbocycles. The van der Waals surface area contributed by atoms with Gasteiger partial charge >= 0.3 is 0 Å². The zero-order chi connectivity index (χ0) is 13.7. The molecule has 0 amide bonds. The van der Waals surface area contributed by atoms with E-state index in [-0.39, 0.29) is 12.4 Å². The molecular formula is C12H18FN3O2S. The summed E-state index contributed by atoms with van der Waals surface area (Å²) >= 11 is 0. The number of halogens is 1. The van der Waals surface area contributed by atoms with Crippen molar-refractivity contribution in [3.63, 3.8) is 0 Å². The van der Waals surface area contributed by atoms with Crippen LogP contribution in [0.5, 0.6) is 0 Å². The van der Waals surface area contributed by atoms with E-state index < -0.39 is 10.2 Å². The van der Waals surface area contributed by atoms with Gasteiger partial charge in [-0.2, -0.15) is 12.7 Å². The molecular weight excluding hydrogens is 269 g/mol. The zero-order valence-electron chi connectivity index (χ0n) is 10.6. The molecule has 0 aromatic heterocycles. The highest BCUT2D eigenvalue weighted by molar-refractivity contribution is 7.87. The van der Waals surface area contributed by atoms with Gasteiger partial charge in [0.25, 0.3) is 10.2 Å². The number of hydrogen-bond acceptors (Lipinski definition) is 3. The second-order valence-electron chi connectivity index (χ2n) is 4.39. The Hall–Kier alpha value is -1.02. The number of nitrogens with zero attached hydrogens (tertiary/aromatic N) is 1. The number of benzene rings is 1. The van der Waals surface area contributed by atoms with Gasteiger partial charge in [-0.15, -0.1) is 0 Å². The lowest BCUT2D eigenvalue weighted by Gasteiger charge is -2.26. The SMILES string of the molecule is O=S(=O)(NCCc1ccccc1F)N1CCNCC1. The van der Waals surface area contributed by atoms with Gasteiger partial charge in [0.1, 0.15) is 5.82 Å². The van der Waals surface area contributed by atoms with E-state index in [0.717, 1.165) is 0 Å². The molecule has 106 valence electrons. The average Bonchev–Trinajstić information content (AvgIpc) is 2.42. The monoisotopic (exact) mass is 287 g/mol. The summed E-state index contributed by atoms with van der Waals surface area (Å²) in [6.45, 7) is 2.46. The van der Waals surface area contributed by atoms with Crippen molar-refractivity contribution in [1.82, 2.24) is 14.3 Å². The Morgan fingerprint density at radius 2 is 1.95 bits per heavy atom.